The molecule has 1 saturated heterocycles. The zero-order chi connectivity index (χ0) is 23.1. The molecule has 2 heterocycles. The molecule has 0 bridgehead atoms. The molecular weight excluding hydrogens is 406 g/mol. The Bertz CT molecular complexity index is 953. The average Bonchev–Trinajstić information content (AvgIpc) is 3.08. The van der Waals surface area contributed by atoms with Crippen molar-refractivity contribution in [3.05, 3.63) is 65.5 Å². The topological polar surface area (TPSA) is 83.0 Å². The van der Waals surface area contributed by atoms with Gasteiger partial charge in [-0.2, -0.15) is 0 Å². The van der Waals surface area contributed by atoms with Gasteiger partial charge >= 0.3 is 0 Å². The van der Waals surface area contributed by atoms with Gasteiger partial charge in [0.05, 0.1) is 17.9 Å². The minimum absolute atomic E-state index is 0.0653. The molecule has 1 aliphatic heterocycles. The van der Waals surface area contributed by atoms with Gasteiger partial charge in [-0.3, -0.25) is 14.6 Å². The molecule has 0 radical (unpaired) electrons. The van der Waals surface area contributed by atoms with Gasteiger partial charge in [-0.15, -0.1) is 0 Å². The number of hydrogen-bond acceptors (Lipinski definition) is 6. The molecule has 1 atom stereocenters. The number of carbonyl (C=O) groups is 2. The number of ether oxygens (including phenoxy) is 1. The van der Waals surface area contributed by atoms with Crippen LogP contribution in [0.2, 0.25) is 0 Å². The summed E-state index contributed by atoms with van der Waals surface area (Å²) in [7, 11) is 0. The van der Waals surface area contributed by atoms with Crippen LogP contribution >= 0.6 is 0 Å². The fourth-order valence-electron chi connectivity index (χ4n) is 3.83. The molecule has 1 aromatic heterocycles. The van der Waals surface area contributed by atoms with Gasteiger partial charge in [-0.25, -0.2) is 0 Å². The Balaban J connectivity index is 2.00. The van der Waals surface area contributed by atoms with E-state index in [1.54, 1.807) is 42.6 Å². The first-order valence-electron chi connectivity index (χ1n) is 11.2. The summed E-state index contributed by atoms with van der Waals surface area (Å²) in [5.74, 6) is -0.822. The predicted octanol–water partition coefficient (Wildman–Crippen LogP) is 3.63. The summed E-state index contributed by atoms with van der Waals surface area (Å²) in [5.41, 5.74) is 1.07. The zero-order valence-corrected chi connectivity index (χ0v) is 19.0. The van der Waals surface area contributed by atoms with E-state index in [1.165, 1.54) is 4.90 Å². The summed E-state index contributed by atoms with van der Waals surface area (Å²) >= 11 is 0. The number of nitrogens with zero attached hydrogens (tertiary/aromatic N) is 3. The molecule has 1 amide bonds. The molecule has 170 valence electrons. The predicted molar refractivity (Wildman–Crippen MR) is 123 cm³/mol. The van der Waals surface area contributed by atoms with Gasteiger partial charge in [-0.1, -0.05) is 26.8 Å². The number of Topliss-reactive ketones (excluding diaryl/α,β-unsaturated/α-hetero) is 1. The maximum atomic E-state index is 13.0. The Morgan fingerprint density at radius 3 is 2.41 bits per heavy atom. The summed E-state index contributed by atoms with van der Waals surface area (Å²) in [6.45, 7) is 9.44. The minimum Gasteiger partial charge on any atom is -0.507 e. The quantitative estimate of drug-likeness (QED) is 0.347. The second-order valence-electron chi connectivity index (χ2n) is 7.65. The van der Waals surface area contributed by atoms with Gasteiger partial charge in [-0.05, 0) is 55.9 Å². The number of hydrogen-bond donors (Lipinski definition) is 1. The van der Waals surface area contributed by atoms with Crippen LogP contribution in [0.4, 0.5) is 0 Å². The van der Waals surface area contributed by atoms with E-state index < -0.39 is 17.7 Å². The maximum absolute atomic E-state index is 13.0. The highest BCUT2D eigenvalue weighted by molar-refractivity contribution is 6.46. The summed E-state index contributed by atoms with van der Waals surface area (Å²) in [6.07, 6.45) is 2.52. The Morgan fingerprint density at radius 1 is 1.09 bits per heavy atom. The molecule has 1 aliphatic rings. The number of rotatable bonds is 10. The first-order chi connectivity index (χ1) is 15.5. The van der Waals surface area contributed by atoms with E-state index in [0.717, 1.165) is 19.5 Å². The number of carbonyl (C=O) groups excluding carboxylic acids is 2. The lowest BCUT2D eigenvalue weighted by atomic mass is 9.98. The lowest BCUT2D eigenvalue weighted by Crippen LogP contribution is -2.38. The fourth-order valence-corrected chi connectivity index (χ4v) is 3.83. The summed E-state index contributed by atoms with van der Waals surface area (Å²) in [5, 5.41) is 11.1. The SMILES string of the molecule is CCCOc1ccc(C(O)=C2C(=O)C(=O)N(CCN(CC)CC)C2c2ccccn2)cc1. The third-order valence-electron chi connectivity index (χ3n) is 5.66. The van der Waals surface area contributed by atoms with E-state index in [-0.39, 0.29) is 11.3 Å². The zero-order valence-electron chi connectivity index (χ0n) is 19.0. The number of aliphatic hydroxyl groups is 1. The van der Waals surface area contributed by atoms with Gasteiger partial charge in [0.15, 0.2) is 0 Å². The monoisotopic (exact) mass is 437 g/mol. The summed E-state index contributed by atoms with van der Waals surface area (Å²) in [6, 6.07) is 11.5. The number of pyridine rings is 1. The average molecular weight is 438 g/mol. The van der Waals surface area contributed by atoms with Crippen LogP contribution in [-0.2, 0) is 9.59 Å². The lowest BCUT2D eigenvalue weighted by molar-refractivity contribution is -0.140. The lowest BCUT2D eigenvalue weighted by Gasteiger charge is -2.27. The van der Waals surface area contributed by atoms with Crippen molar-refractivity contribution in [1.29, 1.82) is 0 Å². The molecule has 0 saturated carbocycles. The molecule has 1 unspecified atom stereocenters. The van der Waals surface area contributed by atoms with Gasteiger partial charge in [0.25, 0.3) is 11.7 Å². The molecule has 7 heteroatoms. The first kappa shape index (κ1) is 23.5. The number of benzene rings is 1. The van der Waals surface area contributed by atoms with Crippen molar-refractivity contribution in [2.75, 3.05) is 32.8 Å². The van der Waals surface area contributed by atoms with E-state index in [1.807, 2.05) is 13.0 Å². The van der Waals surface area contributed by atoms with E-state index >= 15 is 0 Å². The number of ketones is 1. The van der Waals surface area contributed by atoms with Crippen LogP contribution in [0.3, 0.4) is 0 Å². The number of likely N-dealkylation sites (tertiary alicyclic amines) is 1. The third-order valence-corrected chi connectivity index (χ3v) is 5.66. The Labute approximate surface area is 189 Å². The van der Waals surface area contributed by atoms with Crippen molar-refractivity contribution in [2.24, 2.45) is 0 Å². The number of amides is 1. The smallest absolute Gasteiger partial charge is 0.295 e. The molecule has 0 aliphatic carbocycles. The van der Waals surface area contributed by atoms with Crippen LogP contribution in [0.5, 0.6) is 5.75 Å². The van der Waals surface area contributed by atoms with E-state index in [4.69, 9.17) is 4.74 Å². The van der Waals surface area contributed by atoms with Crippen molar-refractivity contribution in [1.82, 2.24) is 14.8 Å². The van der Waals surface area contributed by atoms with E-state index in [9.17, 15) is 14.7 Å². The van der Waals surface area contributed by atoms with E-state index in [2.05, 4.69) is 23.7 Å². The van der Waals surface area contributed by atoms with Crippen molar-refractivity contribution >= 4 is 17.4 Å². The standard InChI is InChI=1S/C25H31N3O4/c1-4-17-32-19-12-10-18(11-13-19)23(29)21-22(20-9-7-8-14-26-20)28(25(31)24(21)30)16-15-27(5-2)6-3/h7-14,22,29H,4-6,15-17H2,1-3H3. The molecule has 0 spiro atoms. The highest BCUT2D eigenvalue weighted by atomic mass is 16.5. The molecule has 1 fully saturated rings. The highest BCUT2D eigenvalue weighted by Gasteiger charge is 2.46. The highest BCUT2D eigenvalue weighted by Crippen LogP contribution is 2.38. The van der Waals surface area contributed by atoms with Crippen LogP contribution < -0.4 is 4.74 Å². The second kappa shape index (κ2) is 10.9. The molecule has 7 nitrogen and oxygen atoms in total. The third kappa shape index (κ3) is 4.99. The second-order valence-corrected chi connectivity index (χ2v) is 7.65. The fraction of sp³-hybridized carbons (Fsp3) is 0.400. The van der Waals surface area contributed by atoms with Crippen molar-refractivity contribution in [2.45, 2.75) is 33.2 Å². The van der Waals surface area contributed by atoms with Gasteiger partial charge < -0.3 is 19.6 Å². The maximum Gasteiger partial charge on any atom is 0.295 e. The first-order valence-corrected chi connectivity index (χ1v) is 11.2. The van der Waals surface area contributed by atoms with Crippen LogP contribution in [0.15, 0.2) is 54.2 Å². The Morgan fingerprint density at radius 2 is 1.81 bits per heavy atom. The number of aliphatic hydroxyl groups excluding tert-OH is 1. The molecule has 1 N–H and O–H groups in total. The van der Waals surface area contributed by atoms with Crippen LogP contribution in [0.1, 0.15) is 44.5 Å². The van der Waals surface area contributed by atoms with Crippen LogP contribution in [0.25, 0.3) is 5.76 Å². The van der Waals surface area contributed by atoms with Crippen LogP contribution in [-0.4, -0.2) is 64.4 Å². The van der Waals surface area contributed by atoms with Gasteiger partial charge in [0, 0.05) is 24.8 Å². The van der Waals surface area contributed by atoms with E-state index in [0.29, 0.717) is 36.7 Å². The minimum atomic E-state index is -0.734. The largest absolute Gasteiger partial charge is 0.507 e. The molecule has 3 rings (SSSR count). The molecule has 1 aromatic carbocycles. The van der Waals surface area contributed by atoms with Crippen molar-refractivity contribution in [3.8, 4) is 5.75 Å². The summed E-state index contributed by atoms with van der Waals surface area (Å²) < 4.78 is 5.59. The summed E-state index contributed by atoms with van der Waals surface area (Å²) in [4.78, 5) is 34.1. The van der Waals surface area contributed by atoms with Crippen LogP contribution in [0, 0.1) is 0 Å². The van der Waals surface area contributed by atoms with Crippen molar-refractivity contribution in [3.63, 3.8) is 0 Å². The number of likely N-dealkylation sites (N-methyl/N-ethyl adjacent to an activating group) is 1. The molecule has 32 heavy (non-hydrogen) atoms. The molecule has 2 aromatic rings. The van der Waals surface area contributed by atoms with Gasteiger partial charge in [0.2, 0.25) is 0 Å². The number of aromatic nitrogens is 1. The van der Waals surface area contributed by atoms with Gasteiger partial charge in [0.1, 0.15) is 17.6 Å². The molecular formula is C25H31N3O4. The van der Waals surface area contributed by atoms with Crippen molar-refractivity contribution < 1.29 is 19.4 Å². The normalized spacial score (nSPS) is 17.9. The Hall–Kier alpha value is -3.19. The Kier molecular flexibility index (Phi) is 8.00.